The minimum Gasteiger partial charge on any atom is -0.477 e. The Hall–Kier alpha value is -2.30. The number of aromatic nitrogens is 2. The maximum atomic E-state index is 11.7. The van der Waals surface area contributed by atoms with E-state index in [9.17, 15) is 4.79 Å². The molecule has 2 rings (SSSR count). The van der Waals surface area contributed by atoms with E-state index in [1.165, 1.54) is 7.11 Å². The zero-order valence-electron chi connectivity index (χ0n) is 11.0. The zero-order valence-corrected chi connectivity index (χ0v) is 11.0. The second kappa shape index (κ2) is 6.04. The molecule has 0 bridgehead atoms. The average molecular weight is 260 g/mol. The number of hydrogen-bond acceptors (Lipinski definition) is 4. The lowest BCUT2D eigenvalue weighted by Gasteiger charge is -2.07. The minimum atomic E-state index is -0.340. The molecule has 19 heavy (non-hydrogen) atoms. The van der Waals surface area contributed by atoms with Crippen molar-refractivity contribution >= 4 is 5.97 Å². The van der Waals surface area contributed by atoms with E-state index in [0.717, 1.165) is 5.56 Å². The summed E-state index contributed by atoms with van der Waals surface area (Å²) in [4.78, 5) is 11.7. The van der Waals surface area contributed by atoms with Gasteiger partial charge in [0.25, 0.3) is 0 Å². The van der Waals surface area contributed by atoms with E-state index in [-0.39, 0.29) is 5.97 Å². The van der Waals surface area contributed by atoms with Gasteiger partial charge >= 0.3 is 5.97 Å². The first kappa shape index (κ1) is 13.1. The Labute approximate surface area is 111 Å². The van der Waals surface area contributed by atoms with E-state index in [0.29, 0.717) is 24.6 Å². The van der Waals surface area contributed by atoms with Gasteiger partial charge in [-0.05, 0) is 18.6 Å². The van der Waals surface area contributed by atoms with Crippen molar-refractivity contribution in [2.75, 3.05) is 13.7 Å². The fourth-order valence-electron chi connectivity index (χ4n) is 1.80. The Morgan fingerprint density at radius 1 is 1.32 bits per heavy atom. The van der Waals surface area contributed by atoms with Crippen molar-refractivity contribution in [3.63, 3.8) is 0 Å². The summed E-state index contributed by atoms with van der Waals surface area (Å²) in [6, 6.07) is 9.12. The van der Waals surface area contributed by atoms with Crippen LogP contribution in [0.3, 0.4) is 0 Å². The number of benzene rings is 1. The van der Waals surface area contributed by atoms with Crippen LogP contribution in [0.1, 0.15) is 22.8 Å². The van der Waals surface area contributed by atoms with Crippen molar-refractivity contribution in [1.82, 2.24) is 9.78 Å². The van der Waals surface area contributed by atoms with Crippen molar-refractivity contribution in [1.29, 1.82) is 0 Å². The molecule has 0 radical (unpaired) electrons. The molecule has 0 saturated heterocycles. The number of carbonyl (C=O) groups excluding carboxylic acids is 1. The molecule has 0 fully saturated rings. The largest absolute Gasteiger partial charge is 0.477 e. The average Bonchev–Trinajstić information content (AvgIpc) is 2.86. The maximum absolute atomic E-state index is 11.7. The Morgan fingerprint density at radius 3 is 2.84 bits per heavy atom. The van der Waals surface area contributed by atoms with Crippen LogP contribution in [0.25, 0.3) is 0 Å². The molecule has 0 saturated carbocycles. The van der Waals surface area contributed by atoms with Gasteiger partial charge in [0.05, 0.1) is 25.8 Å². The minimum absolute atomic E-state index is 0.340. The van der Waals surface area contributed by atoms with E-state index in [1.807, 2.05) is 31.3 Å². The number of carbonyl (C=O) groups is 1. The van der Waals surface area contributed by atoms with Gasteiger partial charge in [-0.25, -0.2) is 4.79 Å². The molecule has 1 aromatic carbocycles. The van der Waals surface area contributed by atoms with Gasteiger partial charge in [-0.3, -0.25) is 4.68 Å². The summed E-state index contributed by atoms with van der Waals surface area (Å²) < 4.78 is 11.8. The molecule has 0 atom stereocenters. The molecule has 5 nitrogen and oxygen atoms in total. The monoisotopic (exact) mass is 260 g/mol. The fourth-order valence-corrected chi connectivity index (χ4v) is 1.80. The lowest BCUT2D eigenvalue weighted by molar-refractivity contribution is 0.0599. The van der Waals surface area contributed by atoms with Gasteiger partial charge < -0.3 is 9.47 Å². The number of rotatable bonds is 5. The van der Waals surface area contributed by atoms with Crippen LogP contribution >= 0.6 is 0 Å². The number of esters is 1. The zero-order chi connectivity index (χ0) is 13.7. The molecule has 0 amide bonds. The highest BCUT2D eigenvalue weighted by molar-refractivity contribution is 5.90. The summed E-state index contributed by atoms with van der Waals surface area (Å²) in [7, 11) is 1.38. The number of hydrogen-bond donors (Lipinski definition) is 0. The molecule has 100 valence electrons. The summed E-state index contributed by atoms with van der Waals surface area (Å²) in [6.07, 6.45) is 1.82. The first-order valence-electron chi connectivity index (χ1n) is 6.07. The summed E-state index contributed by atoms with van der Waals surface area (Å²) in [5.74, 6) is 0.242. The van der Waals surface area contributed by atoms with Crippen LogP contribution in [0.15, 0.2) is 36.5 Å². The molecular formula is C14H16N2O3. The Kier molecular flexibility index (Phi) is 4.18. The highest BCUT2D eigenvalue weighted by Crippen LogP contribution is 2.13. The topological polar surface area (TPSA) is 53.4 Å². The van der Waals surface area contributed by atoms with Crippen molar-refractivity contribution in [2.24, 2.45) is 0 Å². The van der Waals surface area contributed by atoms with Crippen LogP contribution in [0, 0.1) is 0 Å². The molecule has 1 heterocycles. The smallest absolute Gasteiger partial charge is 0.338 e. The summed E-state index contributed by atoms with van der Waals surface area (Å²) in [6.45, 7) is 2.99. The summed E-state index contributed by atoms with van der Waals surface area (Å²) >= 11 is 0. The normalized spacial score (nSPS) is 10.2. The highest BCUT2D eigenvalue weighted by atomic mass is 16.5. The molecule has 0 aliphatic heterocycles. The molecule has 2 aromatic rings. The SMILES string of the molecule is CCOc1ccn(Cc2ccccc2C(=O)OC)n1. The van der Waals surface area contributed by atoms with Gasteiger partial charge in [0.15, 0.2) is 0 Å². The third-order valence-corrected chi connectivity index (χ3v) is 2.66. The van der Waals surface area contributed by atoms with Crippen LogP contribution < -0.4 is 4.74 Å². The van der Waals surface area contributed by atoms with E-state index in [1.54, 1.807) is 16.8 Å². The fraction of sp³-hybridized carbons (Fsp3) is 0.286. The van der Waals surface area contributed by atoms with Crippen LogP contribution in [-0.2, 0) is 11.3 Å². The lowest BCUT2D eigenvalue weighted by Crippen LogP contribution is -2.09. The second-order valence-electron chi connectivity index (χ2n) is 3.93. The maximum Gasteiger partial charge on any atom is 0.338 e. The van der Waals surface area contributed by atoms with Gasteiger partial charge in [-0.15, -0.1) is 5.10 Å². The summed E-state index contributed by atoms with van der Waals surface area (Å²) in [5, 5.41) is 4.26. The Morgan fingerprint density at radius 2 is 2.11 bits per heavy atom. The van der Waals surface area contributed by atoms with Gasteiger partial charge in [0.1, 0.15) is 0 Å². The van der Waals surface area contributed by atoms with Crippen LogP contribution in [0.2, 0.25) is 0 Å². The van der Waals surface area contributed by atoms with Crippen molar-refractivity contribution in [2.45, 2.75) is 13.5 Å². The van der Waals surface area contributed by atoms with Gasteiger partial charge in [-0.2, -0.15) is 0 Å². The molecule has 0 spiro atoms. The standard InChI is InChI=1S/C14H16N2O3/c1-3-19-13-8-9-16(15-13)10-11-6-4-5-7-12(11)14(17)18-2/h4-9H,3,10H2,1-2H3. The predicted molar refractivity (Wildman–Crippen MR) is 70.3 cm³/mol. The third kappa shape index (κ3) is 3.13. The lowest BCUT2D eigenvalue weighted by atomic mass is 10.1. The van der Waals surface area contributed by atoms with Crippen LogP contribution in [-0.4, -0.2) is 29.5 Å². The first-order valence-corrected chi connectivity index (χ1v) is 6.07. The number of methoxy groups -OCH3 is 1. The highest BCUT2D eigenvalue weighted by Gasteiger charge is 2.11. The first-order chi connectivity index (χ1) is 9.24. The van der Waals surface area contributed by atoms with Crippen LogP contribution in [0.4, 0.5) is 0 Å². The van der Waals surface area contributed by atoms with E-state index in [4.69, 9.17) is 9.47 Å². The second-order valence-corrected chi connectivity index (χ2v) is 3.93. The van der Waals surface area contributed by atoms with E-state index >= 15 is 0 Å². The predicted octanol–water partition coefficient (Wildman–Crippen LogP) is 2.12. The number of ether oxygens (including phenoxy) is 2. The van der Waals surface area contributed by atoms with E-state index in [2.05, 4.69) is 5.10 Å². The molecular weight excluding hydrogens is 244 g/mol. The number of nitrogens with zero attached hydrogens (tertiary/aromatic N) is 2. The van der Waals surface area contributed by atoms with Crippen molar-refractivity contribution < 1.29 is 14.3 Å². The molecule has 1 aromatic heterocycles. The van der Waals surface area contributed by atoms with Gasteiger partial charge in [0, 0.05) is 12.3 Å². The molecule has 0 aliphatic rings. The molecule has 0 aliphatic carbocycles. The van der Waals surface area contributed by atoms with Gasteiger partial charge in [0.2, 0.25) is 5.88 Å². The molecule has 0 unspecified atom stereocenters. The Balaban J connectivity index is 2.20. The van der Waals surface area contributed by atoms with E-state index < -0.39 is 0 Å². The van der Waals surface area contributed by atoms with Gasteiger partial charge in [-0.1, -0.05) is 18.2 Å². The van der Waals surface area contributed by atoms with Crippen molar-refractivity contribution in [3.8, 4) is 5.88 Å². The summed E-state index contributed by atoms with van der Waals surface area (Å²) in [5.41, 5.74) is 1.42. The Bertz CT molecular complexity index is 563. The third-order valence-electron chi connectivity index (χ3n) is 2.66. The van der Waals surface area contributed by atoms with Crippen LogP contribution in [0.5, 0.6) is 5.88 Å². The quantitative estimate of drug-likeness (QED) is 0.773. The molecule has 5 heteroatoms. The van der Waals surface area contributed by atoms with Crippen molar-refractivity contribution in [3.05, 3.63) is 47.7 Å². The molecule has 0 N–H and O–H groups in total.